The molecule has 0 aromatic heterocycles. The Balaban J connectivity index is 1.29. The second-order valence-corrected chi connectivity index (χ2v) is 8.03. The van der Waals surface area contributed by atoms with E-state index >= 15 is 0 Å². The standard InChI is InChI=1S/C23H22F2N2O6/c1-12(21(29)30)33-27-20(28)19-18(23(19,24)25)10-26-22(31)32-11-17-15-8-4-2-6-13(15)14-7-3-5-9-16(14)17/h2-9,12,17-19H,10-11H2,1H3,(H,26,31)(H,27,28)(H,29,30). The molecule has 2 amide bonds. The van der Waals surface area contributed by atoms with Crippen molar-refractivity contribution in [1.82, 2.24) is 10.8 Å². The molecule has 0 radical (unpaired) electrons. The fourth-order valence-electron chi connectivity index (χ4n) is 4.10. The number of nitrogens with one attached hydrogen (secondary N) is 2. The van der Waals surface area contributed by atoms with Crippen molar-refractivity contribution in [2.24, 2.45) is 11.8 Å². The normalized spacial score (nSPS) is 20.8. The number of alkyl carbamates (subject to hydrolysis) is 1. The van der Waals surface area contributed by atoms with E-state index in [1.54, 1.807) is 5.48 Å². The van der Waals surface area contributed by atoms with Crippen LogP contribution in [0.25, 0.3) is 11.1 Å². The molecule has 3 N–H and O–H groups in total. The van der Waals surface area contributed by atoms with Crippen molar-refractivity contribution in [2.45, 2.75) is 24.9 Å². The minimum absolute atomic E-state index is 0.0335. The van der Waals surface area contributed by atoms with Crippen molar-refractivity contribution in [3.8, 4) is 11.1 Å². The fourth-order valence-corrected chi connectivity index (χ4v) is 4.10. The largest absolute Gasteiger partial charge is 0.479 e. The third-order valence-corrected chi connectivity index (χ3v) is 5.98. The summed E-state index contributed by atoms with van der Waals surface area (Å²) in [5.41, 5.74) is 5.90. The Kier molecular flexibility index (Phi) is 6.03. The van der Waals surface area contributed by atoms with Gasteiger partial charge in [-0.05, 0) is 29.2 Å². The van der Waals surface area contributed by atoms with Crippen molar-refractivity contribution < 1.29 is 37.8 Å². The van der Waals surface area contributed by atoms with Crippen LogP contribution in [-0.4, -0.2) is 48.3 Å². The van der Waals surface area contributed by atoms with Crippen LogP contribution in [0, 0.1) is 11.8 Å². The minimum Gasteiger partial charge on any atom is -0.479 e. The molecule has 174 valence electrons. The monoisotopic (exact) mass is 460 g/mol. The molecule has 0 heterocycles. The number of hydrogen-bond donors (Lipinski definition) is 3. The number of amides is 2. The van der Waals surface area contributed by atoms with Crippen LogP contribution >= 0.6 is 0 Å². The summed E-state index contributed by atoms with van der Waals surface area (Å²) >= 11 is 0. The van der Waals surface area contributed by atoms with Crippen molar-refractivity contribution in [3.05, 3.63) is 59.7 Å². The van der Waals surface area contributed by atoms with Crippen LogP contribution in [-0.2, 0) is 19.2 Å². The zero-order chi connectivity index (χ0) is 23.8. The van der Waals surface area contributed by atoms with Gasteiger partial charge in [0.25, 0.3) is 11.8 Å². The maximum Gasteiger partial charge on any atom is 0.407 e. The zero-order valence-electron chi connectivity index (χ0n) is 17.6. The summed E-state index contributed by atoms with van der Waals surface area (Å²) in [4.78, 5) is 39.3. The number of carbonyl (C=O) groups is 3. The van der Waals surface area contributed by atoms with Crippen LogP contribution in [0.3, 0.4) is 0 Å². The first kappa shape index (κ1) is 22.7. The van der Waals surface area contributed by atoms with Crippen molar-refractivity contribution in [1.29, 1.82) is 0 Å². The molecule has 2 aromatic carbocycles. The lowest BCUT2D eigenvalue weighted by Gasteiger charge is -2.14. The number of carbonyl (C=O) groups excluding carboxylic acids is 2. The van der Waals surface area contributed by atoms with E-state index in [0.29, 0.717) is 0 Å². The van der Waals surface area contributed by atoms with E-state index in [4.69, 9.17) is 9.84 Å². The Morgan fingerprint density at radius 2 is 1.64 bits per heavy atom. The molecule has 33 heavy (non-hydrogen) atoms. The summed E-state index contributed by atoms with van der Waals surface area (Å²) in [6.07, 6.45) is -2.26. The molecule has 2 aromatic rings. The third kappa shape index (κ3) is 4.38. The van der Waals surface area contributed by atoms with E-state index in [2.05, 4.69) is 10.2 Å². The molecule has 0 bridgehead atoms. The van der Waals surface area contributed by atoms with Gasteiger partial charge in [-0.25, -0.2) is 23.9 Å². The average molecular weight is 460 g/mol. The van der Waals surface area contributed by atoms with E-state index in [-0.39, 0.29) is 12.5 Å². The molecule has 3 unspecified atom stereocenters. The first-order chi connectivity index (χ1) is 15.7. The van der Waals surface area contributed by atoms with Gasteiger partial charge in [-0.1, -0.05) is 48.5 Å². The van der Waals surface area contributed by atoms with Gasteiger partial charge >= 0.3 is 12.1 Å². The predicted molar refractivity (Wildman–Crippen MR) is 111 cm³/mol. The van der Waals surface area contributed by atoms with Crippen LogP contribution in [0.5, 0.6) is 0 Å². The molecule has 8 nitrogen and oxygen atoms in total. The molecule has 1 saturated carbocycles. The average Bonchev–Trinajstić information content (AvgIpc) is 3.20. The van der Waals surface area contributed by atoms with E-state index in [1.165, 1.54) is 0 Å². The maximum absolute atomic E-state index is 14.0. The molecule has 0 spiro atoms. The van der Waals surface area contributed by atoms with Gasteiger partial charge in [0.15, 0.2) is 6.10 Å². The number of alkyl halides is 2. The minimum atomic E-state index is -3.35. The molecule has 0 aliphatic heterocycles. The van der Waals surface area contributed by atoms with Crippen LogP contribution in [0.2, 0.25) is 0 Å². The van der Waals surface area contributed by atoms with E-state index < -0.39 is 48.4 Å². The predicted octanol–water partition coefficient (Wildman–Crippen LogP) is 2.93. The molecule has 0 saturated heterocycles. The summed E-state index contributed by atoms with van der Waals surface area (Å²) in [5, 5.41) is 11.0. The number of benzene rings is 2. The number of ether oxygens (including phenoxy) is 1. The van der Waals surface area contributed by atoms with Gasteiger partial charge in [0, 0.05) is 12.5 Å². The Labute approximate surface area is 187 Å². The summed E-state index contributed by atoms with van der Waals surface area (Å²) in [6, 6.07) is 15.6. The number of hydroxylamine groups is 1. The number of hydrogen-bond acceptors (Lipinski definition) is 5. The van der Waals surface area contributed by atoms with E-state index in [1.807, 2.05) is 48.5 Å². The quantitative estimate of drug-likeness (QED) is 0.522. The van der Waals surface area contributed by atoms with Crippen LogP contribution in [0.4, 0.5) is 13.6 Å². The van der Waals surface area contributed by atoms with E-state index in [0.717, 1.165) is 29.2 Å². The number of rotatable bonds is 8. The van der Waals surface area contributed by atoms with E-state index in [9.17, 15) is 23.2 Å². The molecule has 4 rings (SSSR count). The summed E-state index contributed by atoms with van der Waals surface area (Å²) < 4.78 is 33.3. The highest BCUT2D eigenvalue weighted by Crippen LogP contribution is 2.55. The van der Waals surface area contributed by atoms with Crippen LogP contribution < -0.4 is 10.8 Å². The lowest BCUT2D eigenvalue weighted by atomic mass is 9.98. The Morgan fingerprint density at radius 1 is 1.06 bits per heavy atom. The van der Waals surface area contributed by atoms with Gasteiger partial charge in [-0.3, -0.25) is 9.63 Å². The number of halogens is 2. The molecular formula is C23H22F2N2O6. The highest BCUT2D eigenvalue weighted by molar-refractivity contribution is 5.83. The molecular weight excluding hydrogens is 438 g/mol. The highest BCUT2D eigenvalue weighted by atomic mass is 19.3. The van der Waals surface area contributed by atoms with Crippen molar-refractivity contribution in [3.63, 3.8) is 0 Å². The number of aliphatic carboxylic acids is 1. The molecule has 2 aliphatic carbocycles. The number of carboxylic acid groups (broad SMARTS) is 1. The molecule has 3 atom stereocenters. The van der Waals surface area contributed by atoms with Gasteiger partial charge in [0.05, 0.1) is 5.92 Å². The lowest BCUT2D eigenvalue weighted by Crippen LogP contribution is -2.34. The Hall–Kier alpha value is -3.53. The third-order valence-electron chi connectivity index (χ3n) is 5.98. The fraction of sp³-hybridized carbons (Fsp3) is 0.348. The van der Waals surface area contributed by atoms with Gasteiger partial charge in [-0.2, -0.15) is 0 Å². The van der Waals surface area contributed by atoms with Gasteiger partial charge < -0.3 is 15.2 Å². The topological polar surface area (TPSA) is 114 Å². The molecule has 10 heteroatoms. The van der Waals surface area contributed by atoms with Gasteiger partial charge in [-0.15, -0.1) is 0 Å². The summed E-state index contributed by atoms with van der Waals surface area (Å²) in [5.74, 6) is -9.19. The first-order valence-corrected chi connectivity index (χ1v) is 10.4. The zero-order valence-corrected chi connectivity index (χ0v) is 17.6. The smallest absolute Gasteiger partial charge is 0.407 e. The number of carboxylic acids is 1. The molecule has 1 fully saturated rings. The molecule has 2 aliphatic rings. The Bertz CT molecular complexity index is 1050. The van der Waals surface area contributed by atoms with Crippen LogP contribution in [0.1, 0.15) is 24.0 Å². The second-order valence-electron chi connectivity index (χ2n) is 8.03. The highest BCUT2D eigenvalue weighted by Gasteiger charge is 2.71. The maximum atomic E-state index is 14.0. The van der Waals surface area contributed by atoms with Crippen molar-refractivity contribution >= 4 is 18.0 Å². The SMILES string of the molecule is CC(ONC(=O)C1C(CNC(=O)OCC2c3ccccc3-c3ccccc32)C1(F)F)C(=O)O. The van der Waals surface area contributed by atoms with Crippen molar-refractivity contribution in [2.75, 3.05) is 13.2 Å². The van der Waals surface area contributed by atoms with Crippen LogP contribution in [0.15, 0.2) is 48.5 Å². The Morgan fingerprint density at radius 3 is 2.21 bits per heavy atom. The first-order valence-electron chi connectivity index (χ1n) is 10.4. The van der Waals surface area contributed by atoms with Gasteiger partial charge in [0.2, 0.25) is 0 Å². The summed E-state index contributed by atoms with van der Waals surface area (Å²) in [6.45, 7) is 0.700. The lowest BCUT2D eigenvalue weighted by molar-refractivity contribution is -0.159. The summed E-state index contributed by atoms with van der Waals surface area (Å²) in [7, 11) is 0. The number of fused-ring (bicyclic) bond motifs is 3. The van der Waals surface area contributed by atoms with Gasteiger partial charge in [0.1, 0.15) is 12.5 Å². The second kappa shape index (κ2) is 8.78.